The number of rotatable bonds is 15. The highest BCUT2D eigenvalue weighted by Crippen LogP contribution is 2.17. The number of hydrogen-bond acceptors (Lipinski definition) is 5. The van der Waals surface area contributed by atoms with Gasteiger partial charge in [-0.25, -0.2) is 8.78 Å². The predicted molar refractivity (Wildman–Crippen MR) is 166 cm³/mol. The molecule has 0 aliphatic carbocycles. The average Bonchev–Trinajstić information content (AvgIpc) is 3.48. The molecular formula is C33H39F2N3O4S. The van der Waals surface area contributed by atoms with E-state index in [4.69, 9.17) is 0 Å². The number of amides is 3. The van der Waals surface area contributed by atoms with E-state index in [1.54, 1.807) is 30.0 Å². The topological polar surface area (TPSA) is 98.7 Å². The van der Waals surface area contributed by atoms with Gasteiger partial charge in [-0.1, -0.05) is 19.9 Å². The van der Waals surface area contributed by atoms with Crippen LogP contribution >= 0.6 is 11.3 Å². The van der Waals surface area contributed by atoms with Gasteiger partial charge in [0.25, 0.3) is 11.8 Å². The number of hydrogen-bond donors (Lipinski definition) is 3. The summed E-state index contributed by atoms with van der Waals surface area (Å²) in [6.45, 7) is 7.08. The van der Waals surface area contributed by atoms with Crippen LogP contribution < -0.4 is 10.6 Å². The van der Waals surface area contributed by atoms with Crippen molar-refractivity contribution in [3.05, 3.63) is 98.8 Å². The van der Waals surface area contributed by atoms with Gasteiger partial charge < -0.3 is 20.6 Å². The van der Waals surface area contributed by atoms with Gasteiger partial charge in [0.05, 0.1) is 12.1 Å². The molecule has 1 heterocycles. The Morgan fingerprint density at radius 1 is 1.00 bits per heavy atom. The largest absolute Gasteiger partial charge is 0.391 e. The molecule has 3 rings (SSSR count). The smallest absolute Gasteiger partial charge is 0.253 e. The third kappa shape index (κ3) is 10.7. The van der Waals surface area contributed by atoms with Gasteiger partial charge in [0, 0.05) is 47.8 Å². The van der Waals surface area contributed by atoms with Crippen molar-refractivity contribution in [2.24, 2.45) is 0 Å². The first-order valence-electron chi connectivity index (χ1n) is 14.4. The maximum Gasteiger partial charge on any atom is 0.253 e. The van der Waals surface area contributed by atoms with Crippen LogP contribution in [0.4, 0.5) is 8.78 Å². The van der Waals surface area contributed by atoms with Crippen molar-refractivity contribution in [1.82, 2.24) is 15.5 Å². The molecule has 3 aromatic rings. The van der Waals surface area contributed by atoms with Crippen LogP contribution in [-0.2, 0) is 11.2 Å². The first-order valence-corrected chi connectivity index (χ1v) is 15.3. The number of aliphatic hydroxyl groups excluding tert-OH is 1. The minimum atomic E-state index is -1.16. The Labute approximate surface area is 255 Å². The first-order chi connectivity index (χ1) is 20.6. The molecule has 0 unspecified atom stereocenters. The quantitative estimate of drug-likeness (QED) is 0.197. The third-order valence-corrected chi connectivity index (χ3v) is 7.54. The fourth-order valence-electron chi connectivity index (χ4n) is 4.74. The van der Waals surface area contributed by atoms with E-state index in [0.717, 1.165) is 35.9 Å². The van der Waals surface area contributed by atoms with Crippen LogP contribution in [0.2, 0.25) is 0 Å². The monoisotopic (exact) mass is 611 g/mol. The molecule has 0 aliphatic rings. The van der Waals surface area contributed by atoms with Gasteiger partial charge in [0.1, 0.15) is 11.6 Å². The van der Waals surface area contributed by atoms with Gasteiger partial charge in [-0.05, 0) is 91.6 Å². The van der Waals surface area contributed by atoms with Gasteiger partial charge in [0.2, 0.25) is 5.91 Å². The summed E-state index contributed by atoms with van der Waals surface area (Å²) in [7, 11) is 0. The first kappa shape index (κ1) is 33.6. The Morgan fingerprint density at radius 2 is 1.67 bits per heavy atom. The summed E-state index contributed by atoms with van der Waals surface area (Å²) in [6.07, 6.45) is 3.53. The molecule has 0 spiro atoms. The average molecular weight is 612 g/mol. The number of nitrogens with zero attached hydrogens (tertiary/aromatic N) is 1. The van der Waals surface area contributed by atoms with E-state index in [-0.39, 0.29) is 42.3 Å². The molecule has 3 amide bonds. The van der Waals surface area contributed by atoms with Gasteiger partial charge >= 0.3 is 0 Å². The lowest BCUT2D eigenvalue weighted by atomic mass is 9.97. The van der Waals surface area contributed by atoms with Crippen LogP contribution in [0.3, 0.4) is 0 Å². The maximum absolute atomic E-state index is 13.9. The van der Waals surface area contributed by atoms with Crippen LogP contribution in [0.15, 0.2) is 60.0 Å². The number of nitrogens with one attached hydrogen (secondary N) is 2. The zero-order valence-corrected chi connectivity index (χ0v) is 25.6. The van der Waals surface area contributed by atoms with Gasteiger partial charge in [-0.15, -0.1) is 11.3 Å². The standard InChI is InChI=1S/C33H39F2N3O4S/c1-4-12-38(13-5-2)33(42)25-16-22(3)15-24(20-25)32(41)37-29(19-23-17-26(34)21-27(35)18-23)30(39)10-11-36-31(40)9-8-28-7-6-14-43-28/h6-9,14-18,20-21,29-30,39H,4-5,10-13,19H2,1-3H3,(H,36,40)(H,37,41)/b9-8+/t29-,30+/m1/s1. The molecule has 3 N–H and O–H groups in total. The van der Waals surface area contributed by atoms with Crippen molar-refractivity contribution < 1.29 is 28.3 Å². The highest BCUT2D eigenvalue weighted by atomic mass is 32.1. The van der Waals surface area contributed by atoms with Crippen LogP contribution in [0.5, 0.6) is 0 Å². The third-order valence-electron chi connectivity index (χ3n) is 6.70. The van der Waals surface area contributed by atoms with Crippen LogP contribution in [-0.4, -0.2) is 59.5 Å². The normalized spacial score (nSPS) is 12.6. The van der Waals surface area contributed by atoms with E-state index < -0.39 is 29.7 Å². The van der Waals surface area contributed by atoms with E-state index in [0.29, 0.717) is 24.2 Å². The van der Waals surface area contributed by atoms with E-state index in [1.807, 2.05) is 31.4 Å². The Bertz CT molecular complexity index is 1380. The maximum atomic E-state index is 13.9. The summed E-state index contributed by atoms with van der Waals surface area (Å²) in [5, 5.41) is 18.4. The molecule has 0 saturated carbocycles. The molecule has 230 valence electrons. The fraction of sp³-hybridized carbons (Fsp3) is 0.364. The number of halogens is 2. The summed E-state index contributed by atoms with van der Waals surface area (Å²) in [5.74, 6) is -2.60. The number of carbonyl (C=O) groups is 3. The summed E-state index contributed by atoms with van der Waals surface area (Å²) in [6, 6.07) is 10.7. The lowest BCUT2D eigenvalue weighted by molar-refractivity contribution is -0.116. The molecule has 7 nitrogen and oxygen atoms in total. The minimum absolute atomic E-state index is 0.0633. The number of carbonyl (C=O) groups excluding carboxylic acids is 3. The molecule has 0 radical (unpaired) electrons. The second-order valence-electron chi connectivity index (χ2n) is 10.4. The Kier molecular flexibility index (Phi) is 13.0. The number of thiophene rings is 1. The van der Waals surface area contributed by atoms with Crippen molar-refractivity contribution in [2.45, 2.75) is 58.6 Å². The van der Waals surface area contributed by atoms with E-state index >= 15 is 0 Å². The van der Waals surface area contributed by atoms with E-state index in [9.17, 15) is 28.3 Å². The molecule has 0 aliphatic heterocycles. The van der Waals surface area contributed by atoms with Crippen molar-refractivity contribution in [2.75, 3.05) is 19.6 Å². The molecule has 0 bridgehead atoms. The molecule has 2 atom stereocenters. The molecule has 1 aromatic heterocycles. The SMILES string of the molecule is CCCN(CCC)C(=O)c1cc(C)cc(C(=O)N[C@H](Cc2cc(F)cc(F)c2)[C@@H](O)CCNC(=O)/C=C/c2cccs2)c1. The zero-order chi connectivity index (χ0) is 31.4. The van der Waals surface area contributed by atoms with Crippen molar-refractivity contribution in [3.63, 3.8) is 0 Å². The second-order valence-corrected chi connectivity index (χ2v) is 11.4. The molecule has 0 fully saturated rings. The highest BCUT2D eigenvalue weighted by molar-refractivity contribution is 7.10. The van der Waals surface area contributed by atoms with Crippen LogP contribution in [0, 0.1) is 18.6 Å². The number of aliphatic hydroxyl groups is 1. The van der Waals surface area contributed by atoms with Crippen molar-refractivity contribution >= 4 is 35.1 Å². The van der Waals surface area contributed by atoms with Crippen LogP contribution in [0.1, 0.15) is 69.8 Å². The molecule has 0 saturated heterocycles. The van der Waals surface area contributed by atoms with E-state index in [2.05, 4.69) is 10.6 Å². The number of aryl methyl sites for hydroxylation is 1. The number of benzene rings is 2. The van der Waals surface area contributed by atoms with Crippen molar-refractivity contribution in [1.29, 1.82) is 0 Å². The molecule has 10 heteroatoms. The molecular weight excluding hydrogens is 572 g/mol. The van der Waals surface area contributed by atoms with Gasteiger partial charge in [-0.2, -0.15) is 0 Å². The molecule has 43 heavy (non-hydrogen) atoms. The lowest BCUT2D eigenvalue weighted by Crippen LogP contribution is -2.46. The summed E-state index contributed by atoms with van der Waals surface area (Å²) in [5.41, 5.74) is 1.58. The van der Waals surface area contributed by atoms with Gasteiger partial charge in [-0.3, -0.25) is 14.4 Å². The van der Waals surface area contributed by atoms with Gasteiger partial charge in [0.15, 0.2) is 0 Å². The highest BCUT2D eigenvalue weighted by Gasteiger charge is 2.24. The van der Waals surface area contributed by atoms with Crippen LogP contribution in [0.25, 0.3) is 6.08 Å². The summed E-state index contributed by atoms with van der Waals surface area (Å²) >= 11 is 1.49. The minimum Gasteiger partial charge on any atom is -0.391 e. The zero-order valence-electron chi connectivity index (χ0n) is 24.7. The summed E-state index contributed by atoms with van der Waals surface area (Å²) in [4.78, 5) is 41.5. The Hall–Kier alpha value is -3.89. The van der Waals surface area contributed by atoms with E-state index in [1.165, 1.54) is 23.5 Å². The predicted octanol–water partition coefficient (Wildman–Crippen LogP) is 5.52. The fourth-order valence-corrected chi connectivity index (χ4v) is 5.36. The Morgan fingerprint density at radius 3 is 2.30 bits per heavy atom. The molecule has 2 aromatic carbocycles. The second kappa shape index (κ2) is 16.7. The lowest BCUT2D eigenvalue weighted by Gasteiger charge is -2.25. The summed E-state index contributed by atoms with van der Waals surface area (Å²) < 4.78 is 27.9. The van der Waals surface area contributed by atoms with Crippen molar-refractivity contribution in [3.8, 4) is 0 Å². The Balaban J connectivity index is 1.76.